The standard InChI is InChI=1S/C30H33ClF2N8O2/c1-17(2)15-41-28(31)27(19(4)37-41)25-6-5-11-39(25)29(42)22-9-7-18(3)12-26(22)40-16-21(36-38-40)14-34-30(43)35-20-8-10-23(32)24(33)13-20/h7-10,12-13,16-17,25H,5-6,11,14-15H2,1-4H3,(H2,34,35,43). The molecule has 1 atom stereocenters. The highest BCUT2D eigenvalue weighted by molar-refractivity contribution is 6.30. The molecule has 3 heterocycles. The van der Waals surface area contributed by atoms with Crippen LogP contribution in [0.5, 0.6) is 0 Å². The summed E-state index contributed by atoms with van der Waals surface area (Å²) in [6.07, 6.45) is 3.25. The van der Waals surface area contributed by atoms with E-state index in [1.54, 1.807) is 12.3 Å². The third-order valence-corrected chi connectivity index (χ3v) is 7.67. The fourth-order valence-electron chi connectivity index (χ4n) is 5.31. The van der Waals surface area contributed by atoms with Gasteiger partial charge in [-0.1, -0.05) is 36.7 Å². The van der Waals surface area contributed by atoms with Crippen LogP contribution >= 0.6 is 11.6 Å². The first-order chi connectivity index (χ1) is 20.5. The molecule has 1 unspecified atom stereocenters. The van der Waals surface area contributed by atoms with Crippen LogP contribution in [0, 0.1) is 31.4 Å². The lowest BCUT2D eigenvalue weighted by Gasteiger charge is -2.26. The summed E-state index contributed by atoms with van der Waals surface area (Å²) in [5.41, 5.74) is 4.19. The molecule has 1 saturated heterocycles. The Labute approximate surface area is 253 Å². The van der Waals surface area contributed by atoms with Crippen molar-refractivity contribution in [3.05, 3.63) is 87.5 Å². The van der Waals surface area contributed by atoms with E-state index >= 15 is 0 Å². The van der Waals surface area contributed by atoms with Crippen molar-refractivity contribution < 1.29 is 18.4 Å². The molecular formula is C30H33ClF2N8O2. The average Bonchev–Trinajstić information content (AvgIpc) is 3.68. The number of nitrogens with zero attached hydrogens (tertiary/aromatic N) is 6. The Morgan fingerprint density at radius 3 is 2.65 bits per heavy atom. The van der Waals surface area contributed by atoms with E-state index in [0.717, 1.165) is 41.8 Å². The van der Waals surface area contributed by atoms with Crippen molar-refractivity contribution in [3.8, 4) is 5.69 Å². The van der Waals surface area contributed by atoms with E-state index in [0.29, 0.717) is 41.1 Å². The molecule has 0 spiro atoms. The van der Waals surface area contributed by atoms with E-state index in [9.17, 15) is 18.4 Å². The molecule has 10 nitrogen and oxygen atoms in total. The number of aryl methyl sites for hydroxylation is 2. The second-order valence-electron chi connectivity index (χ2n) is 11.1. The van der Waals surface area contributed by atoms with Gasteiger partial charge in [-0.3, -0.25) is 9.48 Å². The number of rotatable bonds is 8. The summed E-state index contributed by atoms with van der Waals surface area (Å²) in [6.45, 7) is 9.35. The molecular weight excluding hydrogens is 578 g/mol. The van der Waals surface area contributed by atoms with Crippen LogP contribution in [0.25, 0.3) is 5.69 Å². The van der Waals surface area contributed by atoms with Crippen molar-refractivity contribution in [2.24, 2.45) is 5.92 Å². The third kappa shape index (κ3) is 6.53. The van der Waals surface area contributed by atoms with Crippen molar-refractivity contribution in [3.63, 3.8) is 0 Å². The fraction of sp³-hybridized carbons (Fsp3) is 0.367. The summed E-state index contributed by atoms with van der Waals surface area (Å²) in [6, 6.07) is 7.77. The Kier molecular flexibility index (Phi) is 8.77. The largest absolute Gasteiger partial charge is 0.332 e. The van der Waals surface area contributed by atoms with Gasteiger partial charge in [0.1, 0.15) is 10.8 Å². The van der Waals surface area contributed by atoms with Gasteiger partial charge in [0.05, 0.1) is 35.7 Å². The number of likely N-dealkylation sites (tertiary alicyclic amines) is 1. The number of aromatic nitrogens is 5. The van der Waals surface area contributed by atoms with Gasteiger partial charge in [-0.25, -0.2) is 18.3 Å². The van der Waals surface area contributed by atoms with Crippen LogP contribution in [0.3, 0.4) is 0 Å². The fourth-order valence-corrected chi connectivity index (χ4v) is 5.68. The molecule has 2 aromatic heterocycles. The first kappa shape index (κ1) is 30.1. The topological polar surface area (TPSA) is 110 Å². The second-order valence-corrected chi connectivity index (χ2v) is 11.5. The lowest BCUT2D eigenvalue weighted by Crippen LogP contribution is -2.31. The molecule has 0 radical (unpaired) electrons. The Morgan fingerprint density at radius 2 is 1.91 bits per heavy atom. The molecule has 2 N–H and O–H groups in total. The summed E-state index contributed by atoms with van der Waals surface area (Å²) < 4.78 is 29.9. The molecule has 0 bridgehead atoms. The van der Waals surface area contributed by atoms with Crippen LogP contribution in [0.2, 0.25) is 5.15 Å². The molecule has 2 aromatic carbocycles. The highest BCUT2D eigenvalue weighted by atomic mass is 35.5. The number of nitrogens with one attached hydrogen (secondary N) is 2. The molecule has 1 fully saturated rings. The number of urea groups is 1. The molecule has 3 amide bonds. The van der Waals surface area contributed by atoms with E-state index in [-0.39, 0.29) is 24.2 Å². The predicted octanol–water partition coefficient (Wildman–Crippen LogP) is 5.97. The Bertz CT molecular complexity index is 1670. The maximum Gasteiger partial charge on any atom is 0.319 e. The van der Waals surface area contributed by atoms with Crippen molar-refractivity contribution in [1.82, 2.24) is 35.0 Å². The molecule has 43 heavy (non-hydrogen) atoms. The number of carbonyl (C=O) groups excluding carboxylic acids is 2. The van der Waals surface area contributed by atoms with Crippen LogP contribution in [0.4, 0.5) is 19.3 Å². The maximum absolute atomic E-state index is 14.1. The number of hydrogen-bond donors (Lipinski definition) is 2. The minimum absolute atomic E-state index is 0.0109. The monoisotopic (exact) mass is 610 g/mol. The zero-order chi connectivity index (χ0) is 30.8. The van der Waals surface area contributed by atoms with E-state index < -0.39 is 17.7 Å². The molecule has 226 valence electrons. The SMILES string of the molecule is Cc1ccc(C(=O)N2CCCC2c2c(C)nn(CC(C)C)c2Cl)c(-n2cc(CNC(=O)Nc3ccc(F)c(F)c3)nn2)c1. The molecule has 5 rings (SSSR count). The summed E-state index contributed by atoms with van der Waals surface area (Å²) in [4.78, 5) is 28.2. The van der Waals surface area contributed by atoms with Crippen molar-refractivity contribution in [2.75, 3.05) is 11.9 Å². The van der Waals surface area contributed by atoms with Gasteiger partial charge < -0.3 is 15.5 Å². The quantitative estimate of drug-likeness (QED) is 0.256. The third-order valence-electron chi connectivity index (χ3n) is 7.27. The molecule has 0 aliphatic carbocycles. The summed E-state index contributed by atoms with van der Waals surface area (Å²) >= 11 is 6.80. The lowest BCUT2D eigenvalue weighted by molar-refractivity contribution is 0.0735. The predicted molar refractivity (Wildman–Crippen MR) is 158 cm³/mol. The lowest BCUT2D eigenvalue weighted by atomic mass is 10.0. The summed E-state index contributed by atoms with van der Waals surface area (Å²) in [7, 11) is 0. The summed E-state index contributed by atoms with van der Waals surface area (Å²) in [5, 5.41) is 18.6. The highest BCUT2D eigenvalue weighted by Gasteiger charge is 2.36. The Morgan fingerprint density at radius 1 is 1.12 bits per heavy atom. The molecule has 1 aliphatic heterocycles. The Balaban J connectivity index is 1.33. The van der Waals surface area contributed by atoms with E-state index in [4.69, 9.17) is 11.6 Å². The van der Waals surface area contributed by atoms with Crippen molar-refractivity contribution in [2.45, 2.75) is 59.7 Å². The molecule has 13 heteroatoms. The zero-order valence-corrected chi connectivity index (χ0v) is 25.1. The Hall–Kier alpha value is -4.32. The first-order valence-corrected chi connectivity index (χ1v) is 14.5. The first-order valence-electron chi connectivity index (χ1n) is 14.1. The summed E-state index contributed by atoms with van der Waals surface area (Å²) in [5.74, 6) is -1.85. The van der Waals surface area contributed by atoms with Gasteiger partial charge in [-0.2, -0.15) is 5.10 Å². The van der Waals surface area contributed by atoms with Crippen LogP contribution < -0.4 is 10.6 Å². The van der Waals surface area contributed by atoms with Gasteiger partial charge in [0.15, 0.2) is 11.6 Å². The van der Waals surface area contributed by atoms with E-state index in [2.05, 4.69) is 39.9 Å². The maximum atomic E-state index is 14.1. The van der Waals surface area contributed by atoms with E-state index in [1.165, 1.54) is 10.7 Å². The van der Waals surface area contributed by atoms with Gasteiger partial charge in [0.2, 0.25) is 0 Å². The highest BCUT2D eigenvalue weighted by Crippen LogP contribution is 2.39. The van der Waals surface area contributed by atoms with Gasteiger partial charge in [0.25, 0.3) is 5.91 Å². The van der Waals surface area contributed by atoms with Gasteiger partial charge >= 0.3 is 6.03 Å². The molecule has 0 saturated carbocycles. The van der Waals surface area contributed by atoms with Gasteiger partial charge in [-0.05, 0) is 62.4 Å². The van der Waals surface area contributed by atoms with Crippen LogP contribution in [-0.4, -0.2) is 48.2 Å². The average molecular weight is 611 g/mol. The van der Waals surface area contributed by atoms with Crippen molar-refractivity contribution in [1.29, 1.82) is 0 Å². The van der Waals surface area contributed by atoms with Crippen molar-refractivity contribution >= 4 is 29.2 Å². The minimum atomic E-state index is -1.07. The smallest absolute Gasteiger partial charge is 0.319 e. The zero-order valence-electron chi connectivity index (χ0n) is 24.4. The van der Waals surface area contributed by atoms with Crippen LogP contribution in [0.1, 0.15) is 65.6 Å². The molecule has 4 aromatic rings. The number of amides is 3. The number of anilines is 1. The number of carbonyl (C=O) groups is 2. The van der Waals surface area contributed by atoms with Gasteiger partial charge in [-0.15, -0.1) is 5.10 Å². The minimum Gasteiger partial charge on any atom is -0.332 e. The number of hydrogen-bond acceptors (Lipinski definition) is 5. The number of halogens is 3. The van der Waals surface area contributed by atoms with Crippen LogP contribution in [0.15, 0.2) is 42.6 Å². The normalized spacial score (nSPS) is 14.9. The molecule has 1 aliphatic rings. The van der Waals surface area contributed by atoms with Crippen LogP contribution in [-0.2, 0) is 13.1 Å². The van der Waals surface area contributed by atoms with Gasteiger partial charge in [0, 0.05) is 30.4 Å². The number of benzene rings is 2. The van der Waals surface area contributed by atoms with E-state index in [1.807, 2.05) is 35.6 Å². The second kappa shape index (κ2) is 12.5.